The third kappa shape index (κ3) is 8.05. The second kappa shape index (κ2) is 14.5. The van der Waals surface area contributed by atoms with Crippen LogP contribution < -0.4 is 20.7 Å². The number of carbonyl (C=O) groups is 1. The smallest absolute Gasteiger partial charge is 0.406 e. The first kappa shape index (κ1) is 32.5. The van der Waals surface area contributed by atoms with Gasteiger partial charge in [0.15, 0.2) is 0 Å². The van der Waals surface area contributed by atoms with E-state index in [0.29, 0.717) is 40.4 Å². The summed E-state index contributed by atoms with van der Waals surface area (Å²) in [5.74, 6) is 6.14. The Labute approximate surface area is 262 Å². The van der Waals surface area contributed by atoms with Crippen LogP contribution in [0.4, 0.5) is 24.5 Å². The lowest BCUT2D eigenvalue weighted by molar-refractivity contribution is -0.140. The minimum absolute atomic E-state index is 0.166. The predicted molar refractivity (Wildman–Crippen MR) is 171 cm³/mol. The van der Waals surface area contributed by atoms with Gasteiger partial charge in [-0.3, -0.25) is 9.69 Å². The number of hydrogen-bond donors (Lipinski definition) is 3. The first-order valence-electron chi connectivity index (χ1n) is 15.5. The van der Waals surface area contributed by atoms with Gasteiger partial charge in [0.1, 0.15) is 12.3 Å². The van der Waals surface area contributed by atoms with Crippen molar-refractivity contribution in [3.8, 4) is 17.6 Å². The molecule has 2 fully saturated rings. The van der Waals surface area contributed by atoms with Gasteiger partial charge in [0, 0.05) is 49.4 Å². The zero-order valence-electron chi connectivity index (χ0n) is 26.1. The van der Waals surface area contributed by atoms with Crippen LogP contribution in [0.15, 0.2) is 42.5 Å². The molecule has 1 saturated heterocycles. The second-order valence-electron chi connectivity index (χ2n) is 11.8. The monoisotopic (exact) mass is 625 g/mol. The number of benzene rings is 2. The zero-order chi connectivity index (χ0) is 32.0. The van der Waals surface area contributed by atoms with Crippen molar-refractivity contribution in [2.75, 3.05) is 51.5 Å². The van der Waals surface area contributed by atoms with Crippen LogP contribution in [0.2, 0.25) is 0 Å². The fourth-order valence-electron chi connectivity index (χ4n) is 6.56. The van der Waals surface area contributed by atoms with Crippen molar-refractivity contribution in [2.24, 2.45) is 0 Å². The largest absolute Gasteiger partial charge is 0.495 e. The quantitative estimate of drug-likeness (QED) is 0.258. The molecule has 2 aliphatic rings. The van der Waals surface area contributed by atoms with E-state index in [1.807, 2.05) is 6.07 Å². The van der Waals surface area contributed by atoms with Gasteiger partial charge in [0.2, 0.25) is 0 Å². The van der Waals surface area contributed by atoms with Crippen LogP contribution >= 0.6 is 0 Å². The minimum atomic E-state index is -4.40. The van der Waals surface area contributed by atoms with Gasteiger partial charge in [-0.15, -0.1) is 0 Å². The van der Waals surface area contributed by atoms with Gasteiger partial charge in [-0.1, -0.05) is 12.0 Å². The molecule has 1 aliphatic heterocycles. The Balaban J connectivity index is 1.30. The molecular weight excluding hydrogens is 583 g/mol. The Morgan fingerprint density at radius 3 is 2.56 bits per heavy atom. The molecule has 242 valence electrons. The van der Waals surface area contributed by atoms with Crippen LogP contribution in [-0.4, -0.2) is 80.6 Å². The lowest BCUT2D eigenvalue weighted by Crippen LogP contribution is -2.47. The summed E-state index contributed by atoms with van der Waals surface area (Å²) >= 11 is 0. The molecule has 1 saturated carbocycles. The summed E-state index contributed by atoms with van der Waals surface area (Å²) in [5.41, 5.74) is 2.68. The number of nitrogens with one attached hydrogen (secondary N) is 3. The number of amides is 1. The third-order valence-electron chi connectivity index (χ3n) is 8.87. The molecule has 2 aromatic carbocycles. The number of anilines is 2. The molecule has 11 heteroatoms. The summed E-state index contributed by atoms with van der Waals surface area (Å²) in [4.78, 5) is 14.5. The predicted octanol–water partition coefficient (Wildman–Crippen LogP) is 5.87. The van der Waals surface area contributed by atoms with E-state index < -0.39 is 12.7 Å². The first-order chi connectivity index (χ1) is 21.7. The molecule has 3 aromatic rings. The molecule has 3 N–H and O–H groups in total. The van der Waals surface area contributed by atoms with Crippen molar-refractivity contribution >= 4 is 28.2 Å². The van der Waals surface area contributed by atoms with Gasteiger partial charge in [0.25, 0.3) is 5.91 Å². The fraction of sp³-hybridized carbons (Fsp3) is 0.500. The van der Waals surface area contributed by atoms with Crippen LogP contribution in [0.5, 0.6) is 5.75 Å². The lowest BCUT2D eigenvalue weighted by atomic mass is 9.88. The van der Waals surface area contributed by atoms with Crippen molar-refractivity contribution in [2.45, 2.75) is 69.4 Å². The molecule has 0 bridgehead atoms. The number of carbonyl (C=O) groups excluding carboxylic acids is 1. The molecule has 0 spiro atoms. The van der Waals surface area contributed by atoms with Crippen LogP contribution in [0, 0.1) is 11.8 Å². The highest BCUT2D eigenvalue weighted by Crippen LogP contribution is 2.33. The summed E-state index contributed by atoms with van der Waals surface area (Å²) in [5, 5.41) is 10.1. The average molecular weight is 626 g/mol. The van der Waals surface area contributed by atoms with E-state index in [0.717, 1.165) is 62.7 Å². The number of methoxy groups -OCH3 is 2. The Hall–Kier alpha value is -3.88. The van der Waals surface area contributed by atoms with Gasteiger partial charge in [-0.25, -0.2) is 0 Å². The third-order valence-corrected chi connectivity index (χ3v) is 8.87. The Morgan fingerprint density at radius 1 is 1.04 bits per heavy atom. The van der Waals surface area contributed by atoms with Gasteiger partial charge in [-0.2, -0.15) is 13.2 Å². The number of ether oxygens (including phenoxy) is 2. The maximum absolute atomic E-state index is 13.7. The highest BCUT2D eigenvalue weighted by atomic mass is 19.4. The van der Waals surface area contributed by atoms with Crippen LogP contribution in [-0.2, 0) is 11.3 Å². The number of aromatic nitrogens is 1. The first-order valence-corrected chi connectivity index (χ1v) is 15.5. The Morgan fingerprint density at radius 2 is 1.84 bits per heavy atom. The molecule has 8 nitrogen and oxygen atoms in total. The molecule has 0 radical (unpaired) electrons. The molecule has 5 rings (SSSR count). The summed E-state index contributed by atoms with van der Waals surface area (Å²) in [7, 11) is 4.84. The number of alkyl halides is 3. The molecule has 1 amide bonds. The molecule has 1 atom stereocenters. The van der Waals surface area contributed by atoms with Crippen molar-refractivity contribution in [1.82, 2.24) is 14.8 Å². The van der Waals surface area contributed by atoms with Gasteiger partial charge >= 0.3 is 6.18 Å². The fourth-order valence-corrected chi connectivity index (χ4v) is 6.56. The number of nitrogens with zero attached hydrogens (tertiary/aromatic N) is 2. The molecule has 1 unspecified atom stereocenters. The molecular formula is C34H42F3N5O3. The summed E-state index contributed by atoms with van der Waals surface area (Å²) in [6.07, 6.45) is 2.37. The van der Waals surface area contributed by atoms with Crippen molar-refractivity contribution < 1.29 is 27.4 Å². The Kier molecular flexibility index (Phi) is 10.5. The SMILES string of the molecule is CNC(=O)c1ccc(NCC#Cc2cc3c(N[C@H]4CC[C@@H](N5CCCC(OC)C5)CC4)cccc3n2CC(F)(F)F)c(OC)c1. The summed E-state index contributed by atoms with van der Waals surface area (Å²) < 4.78 is 53.3. The van der Waals surface area contributed by atoms with Gasteiger partial charge in [-0.05, 0) is 87.4 Å². The average Bonchev–Trinajstić information content (AvgIpc) is 3.39. The van der Waals surface area contributed by atoms with Crippen LogP contribution in [0.25, 0.3) is 10.9 Å². The number of piperidine rings is 1. The van der Waals surface area contributed by atoms with Crippen LogP contribution in [0.3, 0.4) is 0 Å². The van der Waals surface area contributed by atoms with E-state index in [4.69, 9.17) is 9.47 Å². The lowest BCUT2D eigenvalue weighted by Gasteiger charge is -2.41. The van der Waals surface area contributed by atoms with E-state index in [1.54, 1.807) is 50.6 Å². The second-order valence-corrected chi connectivity index (χ2v) is 11.8. The van der Waals surface area contributed by atoms with E-state index in [9.17, 15) is 18.0 Å². The number of halogens is 3. The summed E-state index contributed by atoms with van der Waals surface area (Å²) in [6.45, 7) is 1.14. The van der Waals surface area contributed by atoms with Crippen molar-refractivity contribution in [1.29, 1.82) is 0 Å². The van der Waals surface area contributed by atoms with Gasteiger partial charge in [0.05, 0.1) is 36.7 Å². The highest BCUT2D eigenvalue weighted by molar-refractivity contribution is 5.95. The zero-order valence-corrected chi connectivity index (χ0v) is 26.1. The Bertz CT molecular complexity index is 1540. The number of hydrogen-bond acceptors (Lipinski definition) is 6. The van der Waals surface area contributed by atoms with E-state index in [-0.39, 0.29) is 18.5 Å². The number of fused-ring (bicyclic) bond motifs is 1. The molecule has 1 aromatic heterocycles. The highest BCUT2D eigenvalue weighted by Gasteiger charge is 2.31. The van der Waals surface area contributed by atoms with Gasteiger partial charge < -0.3 is 30.0 Å². The van der Waals surface area contributed by atoms with Crippen LogP contribution in [0.1, 0.15) is 54.6 Å². The maximum Gasteiger partial charge on any atom is 0.406 e. The van der Waals surface area contributed by atoms with Crippen molar-refractivity contribution in [3.63, 3.8) is 0 Å². The standard InChI is InChI=1S/C34H42F3N5O3/c1-38-33(43)23-11-16-30(32(19-23)45-3)39-17-5-7-26-20-28-29(9-4-10-31(28)42(26)22-34(35,36)37)40-24-12-14-25(15-13-24)41-18-6-8-27(21-41)44-2/h4,9-11,16,19-20,24-25,27,39-40H,6,8,12-15,17-18,21-22H2,1-3H3,(H,38,43)/t24-,25+,27?. The number of likely N-dealkylation sites (tertiary alicyclic amines) is 1. The topological polar surface area (TPSA) is 79.8 Å². The molecule has 45 heavy (non-hydrogen) atoms. The maximum atomic E-state index is 13.7. The van der Waals surface area contributed by atoms with E-state index >= 15 is 0 Å². The van der Waals surface area contributed by atoms with Crippen molar-refractivity contribution in [3.05, 3.63) is 53.7 Å². The molecule has 1 aliphatic carbocycles. The summed E-state index contributed by atoms with van der Waals surface area (Å²) in [6, 6.07) is 13.0. The van der Waals surface area contributed by atoms with E-state index in [1.165, 1.54) is 11.7 Å². The minimum Gasteiger partial charge on any atom is -0.495 e. The van der Waals surface area contributed by atoms with E-state index in [2.05, 4.69) is 32.7 Å². The molecule has 2 heterocycles. The normalized spacial score (nSPS) is 20.7. The number of rotatable bonds is 9.